The molecule has 3 aromatic heterocycles. The highest BCUT2D eigenvalue weighted by atomic mass is 32.2. The lowest BCUT2D eigenvalue weighted by atomic mass is 9.95. The molecule has 2 saturated heterocycles. The number of benzene rings is 2. The predicted molar refractivity (Wildman–Crippen MR) is 204 cm³/mol. The summed E-state index contributed by atoms with van der Waals surface area (Å²) in [5, 5.41) is 7.91. The van der Waals surface area contributed by atoms with E-state index in [2.05, 4.69) is 20.2 Å². The van der Waals surface area contributed by atoms with E-state index in [0.717, 1.165) is 41.3 Å². The van der Waals surface area contributed by atoms with Gasteiger partial charge in [0.05, 0.1) is 35.0 Å². The first-order valence-corrected chi connectivity index (χ1v) is 19.5. The molecule has 7 heterocycles. The molecule has 4 aliphatic heterocycles. The second-order valence-corrected chi connectivity index (χ2v) is 17.6. The number of anilines is 2. The molecule has 0 spiro atoms. The Morgan fingerprint density at radius 3 is 2.40 bits per heavy atom. The van der Waals surface area contributed by atoms with Gasteiger partial charge >= 0.3 is 18.0 Å². The highest BCUT2D eigenvalue weighted by molar-refractivity contribution is 8.04. The number of nitrogens with zero attached hydrogens (tertiary/aromatic N) is 6. The molecule has 4 aliphatic rings. The van der Waals surface area contributed by atoms with E-state index >= 15 is 17.6 Å². The Morgan fingerprint density at radius 2 is 1.75 bits per heavy atom. The van der Waals surface area contributed by atoms with Gasteiger partial charge in [-0.3, -0.25) is 14.6 Å². The summed E-state index contributed by atoms with van der Waals surface area (Å²) in [7, 11) is 0. The topological polar surface area (TPSA) is 135 Å². The number of hydrogen-bond acceptors (Lipinski definition) is 10. The average molecular weight is 803 g/mol. The fourth-order valence-corrected chi connectivity index (χ4v) is 10.1. The number of aromatic amines is 1. The molecule has 18 heteroatoms. The number of aromatic nitrogens is 5. The summed E-state index contributed by atoms with van der Waals surface area (Å²) in [4.78, 5) is 38.6. The van der Waals surface area contributed by atoms with E-state index in [1.54, 1.807) is 68.6 Å². The van der Waals surface area contributed by atoms with Crippen LogP contribution in [0.3, 0.4) is 0 Å². The van der Waals surface area contributed by atoms with Crippen LogP contribution in [0.25, 0.3) is 33.1 Å². The second-order valence-electron chi connectivity index (χ2n) is 14.9. The summed E-state index contributed by atoms with van der Waals surface area (Å²) < 4.78 is 81.6. The second kappa shape index (κ2) is 14.5. The van der Waals surface area contributed by atoms with Crippen molar-refractivity contribution in [2.75, 3.05) is 29.5 Å². The van der Waals surface area contributed by atoms with Crippen molar-refractivity contribution in [3.63, 3.8) is 0 Å². The van der Waals surface area contributed by atoms with Crippen molar-refractivity contribution in [1.82, 2.24) is 29.6 Å². The molecule has 0 saturated carbocycles. The number of amides is 1. The third-order valence-electron chi connectivity index (χ3n) is 9.61. The number of alkyl halides is 3. The summed E-state index contributed by atoms with van der Waals surface area (Å²) in [6, 6.07) is 5.25. The van der Waals surface area contributed by atoms with Crippen LogP contribution >= 0.6 is 23.5 Å². The molecule has 292 valence electrons. The Bertz CT molecular complexity index is 2300. The number of carbonyl (C=O) groups is 1. The van der Waals surface area contributed by atoms with Crippen molar-refractivity contribution < 1.29 is 31.5 Å². The lowest BCUT2D eigenvalue weighted by Crippen LogP contribution is -2.59. The summed E-state index contributed by atoms with van der Waals surface area (Å²) in [6.45, 7) is 9.43. The minimum absolute atomic E-state index is 0.0519. The number of rotatable bonds is 2. The first-order chi connectivity index (χ1) is 25.9. The Labute approximate surface area is 321 Å². The molecular formula is C37H39F5N8O3S2. The number of ether oxygens (including phenoxy) is 1. The van der Waals surface area contributed by atoms with E-state index in [-0.39, 0.29) is 51.8 Å². The minimum Gasteiger partial charge on any atom is -0.444 e. The van der Waals surface area contributed by atoms with Gasteiger partial charge in [0.1, 0.15) is 23.1 Å². The van der Waals surface area contributed by atoms with Crippen molar-refractivity contribution in [2.24, 2.45) is 0 Å². The van der Waals surface area contributed by atoms with Crippen LogP contribution in [-0.2, 0) is 17.5 Å². The van der Waals surface area contributed by atoms with E-state index in [1.807, 2.05) is 12.1 Å². The Morgan fingerprint density at radius 1 is 1.04 bits per heavy atom. The number of thioether (sulfide) groups is 2. The third kappa shape index (κ3) is 7.66. The molecule has 3 N–H and O–H groups in total. The number of pyridine rings is 1. The molecule has 2 bridgehead atoms. The zero-order chi connectivity index (χ0) is 39.6. The summed E-state index contributed by atoms with van der Waals surface area (Å²) in [6.07, 6.45) is -1.22. The van der Waals surface area contributed by atoms with Crippen LogP contribution in [0.15, 0.2) is 52.4 Å². The summed E-state index contributed by atoms with van der Waals surface area (Å²) in [5.74, 6) is -1.80. The third-order valence-corrected chi connectivity index (χ3v) is 12.5. The van der Waals surface area contributed by atoms with Gasteiger partial charge in [0, 0.05) is 74.9 Å². The van der Waals surface area contributed by atoms with Crippen molar-refractivity contribution in [2.45, 2.75) is 86.8 Å². The van der Waals surface area contributed by atoms with Crippen LogP contribution in [0.1, 0.15) is 46.6 Å². The Balaban J connectivity index is 0.000000449. The van der Waals surface area contributed by atoms with Gasteiger partial charge in [-0.25, -0.2) is 23.4 Å². The van der Waals surface area contributed by atoms with E-state index in [4.69, 9.17) is 10.5 Å². The molecule has 11 nitrogen and oxygen atoms in total. The van der Waals surface area contributed by atoms with Crippen molar-refractivity contribution in [1.29, 1.82) is 0 Å². The van der Waals surface area contributed by atoms with Crippen LogP contribution in [0.5, 0.6) is 0 Å². The SMILES string of the molecule is CC1CN(c2nc(=O)n3c4c(c(-c5cc(N)c(F)cc5F)c(C(F)(F)F)cc24)SCC2CC(C3)S2)CC(C)N1C(=O)OC(C)(C)C.c1cnc2[nH]ncc2c1. The maximum Gasteiger partial charge on any atom is 0.417 e. The zero-order valence-electron chi connectivity index (χ0n) is 30.6. The summed E-state index contributed by atoms with van der Waals surface area (Å²) in [5.41, 5.74) is 2.80. The van der Waals surface area contributed by atoms with Crippen molar-refractivity contribution >= 4 is 63.1 Å². The fraction of sp³-hybridized carbons (Fsp3) is 0.432. The molecule has 9 rings (SSSR count). The minimum atomic E-state index is -4.96. The highest BCUT2D eigenvalue weighted by Crippen LogP contribution is 2.51. The van der Waals surface area contributed by atoms with Gasteiger partial charge in [0.25, 0.3) is 0 Å². The fourth-order valence-electron chi connectivity index (χ4n) is 7.30. The Kier molecular flexibility index (Phi) is 10.2. The van der Waals surface area contributed by atoms with Gasteiger partial charge in [-0.15, -0.1) is 11.8 Å². The van der Waals surface area contributed by atoms with Gasteiger partial charge < -0.3 is 15.4 Å². The molecule has 55 heavy (non-hydrogen) atoms. The Hall–Kier alpha value is -4.58. The lowest BCUT2D eigenvalue weighted by molar-refractivity contribution is -0.137. The van der Waals surface area contributed by atoms with Gasteiger partial charge in [0.2, 0.25) is 0 Å². The number of fused-ring (bicyclic) bond motifs is 2. The monoisotopic (exact) mass is 802 g/mol. The van der Waals surface area contributed by atoms with E-state index in [1.165, 1.54) is 4.57 Å². The average Bonchev–Trinajstić information content (AvgIpc) is 3.59. The number of piperazine rings is 1. The first kappa shape index (κ1) is 38.7. The van der Waals surface area contributed by atoms with Gasteiger partial charge in [-0.05, 0) is 65.3 Å². The molecule has 2 aromatic carbocycles. The maximum atomic E-state index is 15.4. The van der Waals surface area contributed by atoms with Crippen LogP contribution in [-0.4, -0.2) is 82.8 Å². The quantitative estimate of drug-likeness (QED) is 0.135. The normalized spacial score (nSPS) is 21.3. The number of carbonyl (C=O) groups excluding carboxylic acids is 1. The van der Waals surface area contributed by atoms with E-state index < -0.39 is 69.7 Å². The van der Waals surface area contributed by atoms with E-state index in [0.29, 0.717) is 11.8 Å². The number of halogens is 5. The zero-order valence-corrected chi connectivity index (χ0v) is 32.2. The molecule has 2 fully saturated rings. The lowest BCUT2D eigenvalue weighted by Gasteiger charge is -2.45. The highest BCUT2D eigenvalue weighted by Gasteiger charge is 2.42. The van der Waals surface area contributed by atoms with Crippen molar-refractivity contribution in [3.05, 3.63) is 70.4 Å². The number of nitrogen functional groups attached to an aromatic ring is 1. The summed E-state index contributed by atoms with van der Waals surface area (Å²) >= 11 is 2.77. The molecule has 0 aliphatic carbocycles. The predicted octanol–water partition coefficient (Wildman–Crippen LogP) is 7.71. The van der Waals surface area contributed by atoms with Gasteiger partial charge in [-0.1, -0.05) is 0 Å². The molecule has 0 radical (unpaired) electrons. The molecule has 1 amide bonds. The smallest absolute Gasteiger partial charge is 0.417 e. The number of nitrogens with two attached hydrogens (primary N) is 1. The van der Waals surface area contributed by atoms with Crippen LogP contribution in [0.4, 0.5) is 38.3 Å². The first-order valence-electron chi connectivity index (χ1n) is 17.6. The molecule has 4 unspecified atom stereocenters. The largest absolute Gasteiger partial charge is 0.444 e. The molecule has 4 atom stereocenters. The van der Waals surface area contributed by atoms with Gasteiger partial charge in [0.15, 0.2) is 5.65 Å². The number of hydrogen-bond donors (Lipinski definition) is 2. The maximum absolute atomic E-state index is 15.4. The number of nitrogens with one attached hydrogen (secondary N) is 1. The number of H-pyrrole nitrogens is 1. The van der Waals surface area contributed by atoms with Crippen LogP contribution in [0.2, 0.25) is 0 Å². The van der Waals surface area contributed by atoms with Crippen molar-refractivity contribution in [3.8, 4) is 11.1 Å². The molecule has 5 aromatic rings. The standard InChI is InChI=1S/C31H34F5N5O3S2.C6H5N3/c1-14-10-39(11-15(2)41(14)29(43)44-30(3,4)5)27-19-7-20(31(34,35)36)24(18-8-23(37)22(33)9-21(18)32)26-25(19)40(28(42)38-27)12-16-6-17(46-16)13-45-26;1-2-5-4-8-9-6(5)7-3-1/h7-9,14-17H,6,10-13,37H2,1-5H3;1-4H,(H,7,8,9). The van der Waals surface area contributed by atoms with Gasteiger partial charge in [-0.2, -0.15) is 35.0 Å². The molecular weight excluding hydrogens is 764 g/mol. The van der Waals surface area contributed by atoms with Crippen LogP contribution < -0.4 is 16.3 Å². The van der Waals surface area contributed by atoms with E-state index in [9.17, 15) is 14.0 Å². The van der Waals surface area contributed by atoms with Crippen LogP contribution in [0, 0.1) is 11.6 Å².